The smallest absolute Gasteiger partial charge is 0.157 e. The molecule has 128 valence electrons. The van der Waals surface area contributed by atoms with Gasteiger partial charge >= 0.3 is 0 Å². The van der Waals surface area contributed by atoms with Gasteiger partial charge in [0.05, 0.1) is 25.6 Å². The van der Waals surface area contributed by atoms with E-state index in [1.807, 2.05) is 43.3 Å². The molecular formula is C19H20N4O2. The van der Waals surface area contributed by atoms with Crippen LogP contribution in [0, 0.1) is 6.92 Å². The summed E-state index contributed by atoms with van der Waals surface area (Å²) in [7, 11) is 3.21. The Balaban J connectivity index is 2.00. The Morgan fingerprint density at radius 3 is 2.52 bits per heavy atom. The van der Waals surface area contributed by atoms with Crippen LogP contribution >= 0.6 is 0 Å². The first kappa shape index (κ1) is 16.6. The Morgan fingerprint density at radius 1 is 1.00 bits per heavy atom. The topological polar surface area (TPSA) is 82.3 Å². The molecule has 3 N–H and O–H groups in total. The molecule has 2 aromatic carbocycles. The molecule has 25 heavy (non-hydrogen) atoms. The summed E-state index contributed by atoms with van der Waals surface area (Å²) in [5.41, 5.74) is 10.3. The number of hydrogen-bond donors (Lipinski definition) is 2. The maximum atomic E-state index is 6.33. The van der Waals surface area contributed by atoms with Crippen LogP contribution < -0.4 is 20.5 Å². The Bertz CT molecular complexity index is 896. The zero-order valence-electron chi connectivity index (χ0n) is 14.4. The van der Waals surface area contributed by atoms with E-state index in [4.69, 9.17) is 15.2 Å². The number of aryl methyl sites for hydroxylation is 1. The number of nitrogens with one attached hydrogen (secondary N) is 1. The van der Waals surface area contributed by atoms with Crippen molar-refractivity contribution in [3.8, 4) is 22.8 Å². The van der Waals surface area contributed by atoms with Crippen LogP contribution in [0.4, 0.5) is 17.2 Å². The van der Waals surface area contributed by atoms with Gasteiger partial charge in [-0.2, -0.15) is 0 Å². The van der Waals surface area contributed by atoms with E-state index < -0.39 is 0 Å². The van der Waals surface area contributed by atoms with Crippen LogP contribution in [0.2, 0.25) is 0 Å². The number of methoxy groups -OCH3 is 2. The first-order chi connectivity index (χ1) is 12.1. The van der Waals surface area contributed by atoms with Gasteiger partial charge in [-0.25, -0.2) is 9.97 Å². The molecule has 6 heteroatoms. The average Bonchev–Trinajstić information content (AvgIpc) is 2.64. The van der Waals surface area contributed by atoms with Crippen LogP contribution in [0.25, 0.3) is 11.3 Å². The van der Waals surface area contributed by atoms with E-state index in [0.717, 1.165) is 16.8 Å². The molecule has 0 atom stereocenters. The van der Waals surface area contributed by atoms with Crippen molar-refractivity contribution in [1.82, 2.24) is 9.97 Å². The third-order valence-electron chi connectivity index (χ3n) is 3.95. The largest absolute Gasteiger partial charge is 0.497 e. The van der Waals surface area contributed by atoms with E-state index in [0.29, 0.717) is 28.7 Å². The maximum absolute atomic E-state index is 6.33. The molecular weight excluding hydrogens is 316 g/mol. The zero-order chi connectivity index (χ0) is 17.8. The highest BCUT2D eigenvalue weighted by Crippen LogP contribution is 2.35. The SMILES string of the molecule is COc1ccc(Nc2ncnc(-c3ccccc3C)c2N)c(OC)c1. The third kappa shape index (κ3) is 3.33. The van der Waals surface area contributed by atoms with E-state index in [2.05, 4.69) is 15.3 Å². The normalized spacial score (nSPS) is 10.4. The molecule has 3 rings (SSSR count). The van der Waals surface area contributed by atoms with Gasteiger partial charge in [-0.15, -0.1) is 0 Å². The monoisotopic (exact) mass is 336 g/mol. The van der Waals surface area contributed by atoms with Gasteiger partial charge in [-0.1, -0.05) is 24.3 Å². The molecule has 1 aromatic heterocycles. The first-order valence-electron chi connectivity index (χ1n) is 7.79. The van der Waals surface area contributed by atoms with Crippen molar-refractivity contribution >= 4 is 17.2 Å². The summed E-state index contributed by atoms with van der Waals surface area (Å²) < 4.78 is 10.6. The van der Waals surface area contributed by atoms with Crippen molar-refractivity contribution in [2.45, 2.75) is 6.92 Å². The molecule has 0 saturated heterocycles. The van der Waals surface area contributed by atoms with Gasteiger partial charge < -0.3 is 20.5 Å². The molecule has 0 unspecified atom stereocenters. The molecule has 0 bridgehead atoms. The predicted octanol–water partition coefficient (Wildman–Crippen LogP) is 3.80. The molecule has 0 amide bonds. The van der Waals surface area contributed by atoms with Gasteiger partial charge in [0.15, 0.2) is 5.82 Å². The number of nitrogens with zero attached hydrogens (tertiary/aromatic N) is 2. The van der Waals surface area contributed by atoms with Crippen LogP contribution in [0.3, 0.4) is 0 Å². The number of aromatic nitrogens is 2. The fourth-order valence-electron chi connectivity index (χ4n) is 2.58. The summed E-state index contributed by atoms with van der Waals surface area (Å²) in [6.07, 6.45) is 1.50. The lowest BCUT2D eigenvalue weighted by Gasteiger charge is -2.15. The van der Waals surface area contributed by atoms with Gasteiger partial charge in [-0.05, 0) is 24.6 Å². The van der Waals surface area contributed by atoms with Crippen molar-refractivity contribution in [3.05, 3.63) is 54.4 Å². The highest BCUT2D eigenvalue weighted by molar-refractivity contribution is 5.84. The van der Waals surface area contributed by atoms with Gasteiger partial charge in [0, 0.05) is 11.6 Å². The number of anilines is 3. The summed E-state index contributed by atoms with van der Waals surface area (Å²) in [4.78, 5) is 8.63. The standard InChI is InChI=1S/C19H20N4O2/c1-12-6-4-5-7-14(12)18-17(20)19(22-11-21-18)23-15-9-8-13(24-2)10-16(15)25-3/h4-11H,20H2,1-3H3,(H,21,22,23). The molecule has 0 fully saturated rings. The van der Waals surface area contributed by atoms with Gasteiger partial charge in [-0.3, -0.25) is 0 Å². The summed E-state index contributed by atoms with van der Waals surface area (Å²) in [6, 6.07) is 13.4. The second-order valence-electron chi connectivity index (χ2n) is 5.49. The molecule has 6 nitrogen and oxygen atoms in total. The average molecular weight is 336 g/mol. The zero-order valence-corrected chi connectivity index (χ0v) is 14.4. The van der Waals surface area contributed by atoms with Crippen molar-refractivity contribution < 1.29 is 9.47 Å². The summed E-state index contributed by atoms with van der Waals surface area (Å²) in [5, 5.41) is 3.22. The van der Waals surface area contributed by atoms with Crippen LogP contribution in [0.15, 0.2) is 48.8 Å². The predicted molar refractivity (Wildman–Crippen MR) is 99.4 cm³/mol. The number of hydrogen-bond acceptors (Lipinski definition) is 6. The minimum Gasteiger partial charge on any atom is -0.497 e. The van der Waals surface area contributed by atoms with Crippen molar-refractivity contribution in [3.63, 3.8) is 0 Å². The van der Waals surface area contributed by atoms with Crippen LogP contribution in [0.5, 0.6) is 11.5 Å². The number of benzene rings is 2. The van der Waals surface area contributed by atoms with E-state index in [9.17, 15) is 0 Å². The summed E-state index contributed by atoms with van der Waals surface area (Å²) in [6.45, 7) is 2.02. The molecule has 0 spiro atoms. The van der Waals surface area contributed by atoms with Gasteiger partial charge in [0.1, 0.15) is 23.5 Å². The number of rotatable bonds is 5. The number of nitrogen functional groups attached to an aromatic ring is 1. The molecule has 0 aliphatic rings. The lowest BCUT2D eigenvalue weighted by atomic mass is 10.0. The van der Waals surface area contributed by atoms with Crippen molar-refractivity contribution in [2.24, 2.45) is 0 Å². The molecule has 0 aliphatic heterocycles. The first-order valence-corrected chi connectivity index (χ1v) is 7.79. The van der Waals surface area contributed by atoms with Crippen LogP contribution in [-0.4, -0.2) is 24.2 Å². The van der Waals surface area contributed by atoms with Gasteiger partial charge in [0.25, 0.3) is 0 Å². The van der Waals surface area contributed by atoms with Crippen LogP contribution in [-0.2, 0) is 0 Å². The summed E-state index contributed by atoms with van der Waals surface area (Å²) >= 11 is 0. The minimum atomic E-state index is 0.481. The lowest BCUT2D eigenvalue weighted by molar-refractivity contribution is 0.395. The maximum Gasteiger partial charge on any atom is 0.157 e. The molecule has 0 radical (unpaired) electrons. The summed E-state index contributed by atoms with van der Waals surface area (Å²) in [5.74, 6) is 1.87. The molecule has 1 heterocycles. The highest BCUT2D eigenvalue weighted by atomic mass is 16.5. The van der Waals surface area contributed by atoms with Gasteiger partial charge in [0.2, 0.25) is 0 Å². The van der Waals surface area contributed by atoms with Crippen molar-refractivity contribution in [2.75, 3.05) is 25.3 Å². The Kier molecular flexibility index (Phi) is 4.70. The number of nitrogens with two attached hydrogens (primary N) is 1. The van der Waals surface area contributed by atoms with E-state index in [-0.39, 0.29) is 0 Å². The quantitative estimate of drug-likeness (QED) is 0.737. The van der Waals surface area contributed by atoms with E-state index in [1.165, 1.54) is 6.33 Å². The lowest BCUT2D eigenvalue weighted by Crippen LogP contribution is -2.04. The van der Waals surface area contributed by atoms with Crippen molar-refractivity contribution in [1.29, 1.82) is 0 Å². The number of ether oxygens (including phenoxy) is 2. The Labute approximate surface area is 146 Å². The fraction of sp³-hybridized carbons (Fsp3) is 0.158. The molecule has 0 aliphatic carbocycles. The second-order valence-corrected chi connectivity index (χ2v) is 5.49. The van der Waals surface area contributed by atoms with E-state index in [1.54, 1.807) is 20.3 Å². The Hall–Kier alpha value is -3.28. The minimum absolute atomic E-state index is 0.481. The third-order valence-corrected chi connectivity index (χ3v) is 3.95. The second kappa shape index (κ2) is 7.09. The van der Waals surface area contributed by atoms with E-state index >= 15 is 0 Å². The molecule has 3 aromatic rings. The van der Waals surface area contributed by atoms with Crippen LogP contribution in [0.1, 0.15) is 5.56 Å². The fourth-order valence-corrected chi connectivity index (χ4v) is 2.58. The Morgan fingerprint density at radius 2 is 1.80 bits per heavy atom. The molecule has 0 saturated carbocycles. The highest BCUT2D eigenvalue weighted by Gasteiger charge is 2.14.